The zero-order valence-corrected chi connectivity index (χ0v) is 14.9. The van der Waals surface area contributed by atoms with Gasteiger partial charge in [-0.3, -0.25) is 4.98 Å². The highest BCUT2D eigenvalue weighted by Gasteiger charge is 2.33. The Morgan fingerprint density at radius 2 is 1.92 bits per heavy atom. The van der Waals surface area contributed by atoms with Crippen LogP contribution in [0.25, 0.3) is 21.3 Å². The van der Waals surface area contributed by atoms with Gasteiger partial charge in [-0.05, 0) is 37.1 Å². The molecule has 0 amide bonds. The second-order valence-corrected chi connectivity index (χ2v) is 7.67. The van der Waals surface area contributed by atoms with Crippen LogP contribution in [0.4, 0.5) is 0 Å². The van der Waals surface area contributed by atoms with Crippen LogP contribution in [0, 0.1) is 11.3 Å². The van der Waals surface area contributed by atoms with Gasteiger partial charge in [-0.1, -0.05) is 19.3 Å². The molecule has 2 aliphatic rings. The fourth-order valence-electron chi connectivity index (χ4n) is 3.83. The third-order valence-electron chi connectivity index (χ3n) is 5.03. The summed E-state index contributed by atoms with van der Waals surface area (Å²) in [6, 6.07) is 4.54. The van der Waals surface area contributed by atoms with Gasteiger partial charge in [-0.15, -0.1) is 11.3 Å². The molecular weight excluding hydrogens is 316 g/mol. The quantitative estimate of drug-likeness (QED) is 0.615. The van der Waals surface area contributed by atoms with Gasteiger partial charge in [0.25, 0.3) is 0 Å². The number of hydrogen-bond donors (Lipinski definition) is 0. The number of aromatic nitrogens is 3. The van der Waals surface area contributed by atoms with E-state index in [4.69, 9.17) is 10.2 Å². The topological polar surface area (TPSA) is 54.5 Å². The van der Waals surface area contributed by atoms with Gasteiger partial charge in [-0.2, -0.15) is 5.26 Å². The zero-order chi connectivity index (χ0) is 16.5. The van der Waals surface area contributed by atoms with Crippen LogP contribution >= 0.6 is 11.3 Å². The summed E-state index contributed by atoms with van der Waals surface area (Å²) in [7, 11) is 0. The van der Waals surface area contributed by atoms with Crippen molar-refractivity contribution in [2.45, 2.75) is 63.8 Å². The van der Waals surface area contributed by atoms with Crippen LogP contribution < -0.4 is 0 Å². The highest BCUT2D eigenvalue weighted by molar-refractivity contribution is 7.18. The van der Waals surface area contributed by atoms with E-state index in [1.165, 1.54) is 67.9 Å². The monoisotopic (exact) mass is 338 g/mol. The summed E-state index contributed by atoms with van der Waals surface area (Å²) in [6.45, 7) is 1.43. The lowest BCUT2D eigenvalue weighted by molar-refractivity contribution is 0.353. The van der Waals surface area contributed by atoms with Crippen molar-refractivity contribution in [1.29, 1.82) is 5.26 Å². The Balaban J connectivity index is 0.000000455. The maximum absolute atomic E-state index is 7.32. The second kappa shape index (κ2) is 6.52. The Morgan fingerprint density at radius 1 is 1.17 bits per heavy atom. The maximum atomic E-state index is 7.32. The molecule has 0 aliphatic heterocycles. The molecular formula is C19H22N4S. The van der Waals surface area contributed by atoms with Gasteiger partial charge in [-0.25, -0.2) is 4.98 Å². The van der Waals surface area contributed by atoms with E-state index < -0.39 is 0 Å². The van der Waals surface area contributed by atoms with E-state index >= 15 is 0 Å². The lowest BCUT2D eigenvalue weighted by Crippen LogP contribution is -2.15. The number of hydrogen-bond acceptors (Lipinski definition) is 4. The second-order valence-electron chi connectivity index (χ2n) is 6.76. The molecule has 3 aromatic rings. The van der Waals surface area contributed by atoms with Crippen molar-refractivity contribution in [3.8, 4) is 6.07 Å². The van der Waals surface area contributed by atoms with E-state index in [9.17, 15) is 0 Å². The number of thiophene rings is 1. The minimum atomic E-state index is 0.659. The molecule has 0 radical (unpaired) electrons. The van der Waals surface area contributed by atoms with E-state index in [1.54, 1.807) is 6.07 Å². The van der Waals surface area contributed by atoms with Gasteiger partial charge >= 0.3 is 0 Å². The summed E-state index contributed by atoms with van der Waals surface area (Å²) < 4.78 is 3.95. The average molecular weight is 338 g/mol. The molecule has 3 heterocycles. The average Bonchev–Trinajstić information content (AvgIpc) is 3.20. The fraction of sp³-hybridized carbons (Fsp3) is 0.526. The van der Waals surface area contributed by atoms with Crippen molar-refractivity contribution < 1.29 is 0 Å². The molecule has 0 N–H and O–H groups in total. The molecule has 0 saturated heterocycles. The number of rotatable bonds is 2. The molecule has 0 bridgehead atoms. The molecule has 124 valence electrons. The molecule has 2 aliphatic carbocycles. The first-order valence-electron chi connectivity index (χ1n) is 8.88. The summed E-state index contributed by atoms with van der Waals surface area (Å²) >= 11 is 1.82. The number of nitriles is 1. The first kappa shape index (κ1) is 15.6. The fourth-order valence-corrected chi connectivity index (χ4v) is 4.72. The summed E-state index contributed by atoms with van der Waals surface area (Å²) in [5.74, 6) is 2.05. The van der Waals surface area contributed by atoms with Gasteiger partial charge in [0.1, 0.15) is 11.3 Å². The minimum Gasteiger partial charge on any atom is -0.323 e. The summed E-state index contributed by atoms with van der Waals surface area (Å²) in [6.07, 6.45) is 11.4. The molecule has 0 spiro atoms. The summed E-state index contributed by atoms with van der Waals surface area (Å²) in [5.41, 5.74) is 3.60. The molecule has 2 fully saturated rings. The Morgan fingerprint density at radius 3 is 2.62 bits per heavy atom. The van der Waals surface area contributed by atoms with Crippen molar-refractivity contribution in [2.24, 2.45) is 0 Å². The van der Waals surface area contributed by atoms with E-state index in [1.807, 2.05) is 17.5 Å². The highest BCUT2D eigenvalue weighted by Crippen LogP contribution is 2.45. The SMILES string of the molecule is CC#N.c1cc2ncc3nc(C4CC4)n(C4CCCCC4)c3c2s1. The van der Waals surface area contributed by atoms with Crippen molar-refractivity contribution in [3.05, 3.63) is 23.5 Å². The number of nitrogens with zero attached hydrogens (tertiary/aromatic N) is 4. The van der Waals surface area contributed by atoms with Crippen LogP contribution in [0.3, 0.4) is 0 Å². The molecule has 3 aromatic heterocycles. The molecule has 0 unspecified atom stereocenters. The van der Waals surface area contributed by atoms with E-state index in [2.05, 4.69) is 21.0 Å². The zero-order valence-electron chi connectivity index (χ0n) is 14.0. The van der Waals surface area contributed by atoms with Gasteiger partial charge in [0.2, 0.25) is 0 Å². The van der Waals surface area contributed by atoms with Gasteiger partial charge in [0.15, 0.2) is 0 Å². The first-order valence-corrected chi connectivity index (χ1v) is 9.76. The number of fused-ring (bicyclic) bond motifs is 3. The van der Waals surface area contributed by atoms with E-state index in [-0.39, 0.29) is 0 Å². The summed E-state index contributed by atoms with van der Waals surface area (Å²) in [4.78, 5) is 9.57. The molecule has 24 heavy (non-hydrogen) atoms. The molecule has 2 saturated carbocycles. The Kier molecular flexibility index (Phi) is 4.24. The van der Waals surface area contributed by atoms with Gasteiger partial charge in [0, 0.05) is 18.9 Å². The third kappa shape index (κ3) is 2.69. The predicted octanol–water partition coefficient (Wildman–Crippen LogP) is 5.56. The van der Waals surface area contributed by atoms with Crippen molar-refractivity contribution in [1.82, 2.24) is 14.5 Å². The normalized spacial score (nSPS) is 18.3. The molecule has 0 atom stereocenters. The predicted molar refractivity (Wildman–Crippen MR) is 98.3 cm³/mol. The lowest BCUT2D eigenvalue weighted by Gasteiger charge is -2.25. The first-order chi connectivity index (χ1) is 11.8. The minimum absolute atomic E-state index is 0.659. The van der Waals surface area contributed by atoms with Crippen LogP contribution in [0.15, 0.2) is 17.6 Å². The Labute approximate surface area is 146 Å². The van der Waals surface area contributed by atoms with E-state index in [0.717, 1.165) is 11.0 Å². The summed E-state index contributed by atoms with van der Waals surface area (Å²) in [5, 5.41) is 9.48. The van der Waals surface area contributed by atoms with Crippen molar-refractivity contribution >= 4 is 32.6 Å². The van der Waals surface area contributed by atoms with Crippen LogP contribution in [-0.4, -0.2) is 14.5 Å². The van der Waals surface area contributed by atoms with Crippen LogP contribution in [0.1, 0.15) is 69.7 Å². The highest BCUT2D eigenvalue weighted by atomic mass is 32.1. The van der Waals surface area contributed by atoms with Gasteiger partial charge in [0.05, 0.1) is 28.0 Å². The number of imidazole rings is 1. The maximum Gasteiger partial charge on any atom is 0.113 e. The van der Waals surface area contributed by atoms with Crippen LogP contribution in [0.5, 0.6) is 0 Å². The lowest BCUT2D eigenvalue weighted by atomic mass is 9.95. The Hall–Kier alpha value is -1.93. The number of pyridine rings is 1. The van der Waals surface area contributed by atoms with Crippen LogP contribution in [0.2, 0.25) is 0 Å². The van der Waals surface area contributed by atoms with Crippen molar-refractivity contribution in [3.63, 3.8) is 0 Å². The Bertz CT molecular complexity index is 891. The third-order valence-corrected chi connectivity index (χ3v) is 5.94. The van der Waals surface area contributed by atoms with E-state index in [0.29, 0.717) is 12.0 Å². The van der Waals surface area contributed by atoms with Crippen LogP contribution in [-0.2, 0) is 0 Å². The molecule has 4 nitrogen and oxygen atoms in total. The van der Waals surface area contributed by atoms with Crippen molar-refractivity contribution in [2.75, 3.05) is 0 Å². The molecule has 5 rings (SSSR count). The smallest absolute Gasteiger partial charge is 0.113 e. The molecule has 0 aromatic carbocycles. The largest absolute Gasteiger partial charge is 0.323 e. The van der Waals surface area contributed by atoms with Gasteiger partial charge < -0.3 is 4.57 Å². The standard InChI is InChI=1S/C17H19N3S.C2H3N/c1-2-4-12(5-3-1)20-15-14(19-17(20)11-6-7-11)10-18-13-8-9-21-16(13)15;1-2-3/h8-12H,1-7H2;1H3. The molecule has 5 heteroatoms.